The van der Waals surface area contributed by atoms with Gasteiger partial charge in [0.15, 0.2) is 0 Å². The Morgan fingerprint density at radius 3 is 2.67 bits per heavy atom. The molecule has 1 N–H and O–H groups in total. The molecule has 2 nitrogen and oxygen atoms in total. The first-order chi connectivity index (χ1) is 8.61. The summed E-state index contributed by atoms with van der Waals surface area (Å²) in [7, 11) is 0. The summed E-state index contributed by atoms with van der Waals surface area (Å²) in [5, 5.41) is 10.4. The number of aliphatic hydroxyl groups is 1. The van der Waals surface area contributed by atoms with Crippen molar-refractivity contribution >= 4 is 5.78 Å². The van der Waals surface area contributed by atoms with Crippen molar-refractivity contribution in [1.29, 1.82) is 0 Å². The second-order valence-electron chi connectivity index (χ2n) is 4.74. The summed E-state index contributed by atoms with van der Waals surface area (Å²) in [6.45, 7) is 5.59. The summed E-state index contributed by atoms with van der Waals surface area (Å²) in [5.41, 5.74) is 2.41. The van der Waals surface area contributed by atoms with Gasteiger partial charge in [-0.1, -0.05) is 43.0 Å². The zero-order valence-corrected chi connectivity index (χ0v) is 10.6. The lowest BCUT2D eigenvalue weighted by atomic mass is 9.79. The fraction of sp³-hybridized carbons (Fsp3) is 0.312. The third-order valence-electron chi connectivity index (χ3n) is 3.51. The van der Waals surface area contributed by atoms with Crippen molar-refractivity contribution in [2.75, 3.05) is 0 Å². The highest BCUT2D eigenvalue weighted by Crippen LogP contribution is 2.36. The van der Waals surface area contributed by atoms with E-state index in [1.54, 1.807) is 6.92 Å². The van der Waals surface area contributed by atoms with Crippen LogP contribution < -0.4 is 0 Å². The molecule has 2 atom stereocenters. The monoisotopic (exact) mass is 242 g/mol. The van der Waals surface area contributed by atoms with Crippen LogP contribution in [0.2, 0.25) is 0 Å². The van der Waals surface area contributed by atoms with Gasteiger partial charge in [-0.25, -0.2) is 0 Å². The molecule has 0 saturated heterocycles. The van der Waals surface area contributed by atoms with E-state index in [0.717, 1.165) is 29.6 Å². The number of carbonyl (C=O) groups is 1. The summed E-state index contributed by atoms with van der Waals surface area (Å²) in [4.78, 5) is 11.5. The van der Waals surface area contributed by atoms with Gasteiger partial charge in [0.2, 0.25) is 0 Å². The van der Waals surface area contributed by atoms with E-state index in [4.69, 9.17) is 0 Å². The lowest BCUT2D eigenvalue weighted by Crippen LogP contribution is -2.20. The predicted molar refractivity (Wildman–Crippen MR) is 72.0 cm³/mol. The maximum Gasteiger partial charge on any atom is 0.137 e. The van der Waals surface area contributed by atoms with Crippen molar-refractivity contribution in [1.82, 2.24) is 0 Å². The number of rotatable bonds is 3. The number of benzene rings is 1. The fourth-order valence-corrected chi connectivity index (χ4v) is 2.46. The smallest absolute Gasteiger partial charge is 0.137 e. The van der Waals surface area contributed by atoms with Crippen LogP contribution in [-0.4, -0.2) is 10.9 Å². The Hall–Kier alpha value is -1.67. The molecule has 1 aromatic rings. The van der Waals surface area contributed by atoms with Gasteiger partial charge in [-0.3, -0.25) is 4.79 Å². The second-order valence-corrected chi connectivity index (χ2v) is 4.74. The topological polar surface area (TPSA) is 37.3 Å². The van der Waals surface area contributed by atoms with Gasteiger partial charge in [-0.05, 0) is 36.5 Å². The van der Waals surface area contributed by atoms with Crippen molar-refractivity contribution in [2.24, 2.45) is 5.92 Å². The lowest BCUT2D eigenvalue weighted by Gasteiger charge is -2.27. The van der Waals surface area contributed by atoms with E-state index >= 15 is 0 Å². The van der Waals surface area contributed by atoms with Crippen molar-refractivity contribution in [3.05, 3.63) is 59.7 Å². The van der Waals surface area contributed by atoms with Gasteiger partial charge in [-0.15, -0.1) is 0 Å². The van der Waals surface area contributed by atoms with Crippen LogP contribution in [-0.2, 0) is 4.79 Å². The highest BCUT2D eigenvalue weighted by molar-refractivity contribution is 5.82. The third-order valence-corrected chi connectivity index (χ3v) is 3.51. The average molecular weight is 242 g/mol. The molecule has 2 rings (SSSR count). The van der Waals surface area contributed by atoms with Crippen LogP contribution in [0.15, 0.2) is 54.1 Å². The summed E-state index contributed by atoms with van der Waals surface area (Å²) in [6.07, 6.45) is 2.95. The first kappa shape index (κ1) is 12.8. The molecule has 1 aromatic carbocycles. The van der Waals surface area contributed by atoms with Crippen LogP contribution in [0.5, 0.6) is 0 Å². The molecule has 18 heavy (non-hydrogen) atoms. The molecular formula is C16H18O2. The molecule has 0 heterocycles. The molecule has 0 spiro atoms. The standard InChI is InChI=1S/C16H18O2/c1-11-14(12(2)17)9-6-10-15(11)16(18)13-7-4-3-5-8-13/h3-5,7-8,10,14,16,18H,1,6,9H2,2H3. The molecule has 0 fully saturated rings. The third kappa shape index (κ3) is 2.44. The average Bonchev–Trinajstić information content (AvgIpc) is 2.39. The number of hydrogen-bond acceptors (Lipinski definition) is 2. The Morgan fingerprint density at radius 2 is 2.06 bits per heavy atom. The minimum Gasteiger partial charge on any atom is -0.384 e. The zero-order valence-electron chi connectivity index (χ0n) is 10.6. The first-order valence-corrected chi connectivity index (χ1v) is 6.24. The second kappa shape index (κ2) is 5.32. The molecule has 0 bridgehead atoms. The molecule has 2 unspecified atom stereocenters. The Bertz CT molecular complexity index is 485. The molecule has 0 radical (unpaired) electrons. The van der Waals surface area contributed by atoms with Gasteiger partial charge in [0.1, 0.15) is 11.9 Å². The first-order valence-electron chi connectivity index (χ1n) is 6.24. The number of Topliss-reactive ketones (excluding diaryl/α,β-unsaturated/α-hetero) is 1. The van der Waals surface area contributed by atoms with Gasteiger partial charge in [0, 0.05) is 5.92 Å². The van der Waals surface area contributed by atoms with E-state index in [-0.39, 0.29) is 11.7 Å². The van der Waals surface area contributed by atoms with E-state index < -0.39 is 6.10 Å². The van der Waals surface area contributed by atoms with E-state index in [1.165, 1.54) is 0 Å². The maximum atomic E-state index is 11.5. The van der Waals surface area contributed by atoms with Crippen LogP contribution in [0.25, 0.3) is 0 Å². The molecule has 0 aliphatic heterocycles. The van der Waals surface area contributed by atoms with Crippen LogP contribution in [0.3, 0.4) is 0 Å². The van der Waals surface area contributed by atoms with Crippen molar-refractivity contribution in [3.63, 3.8) is 0 Å². The SMILES string of the molecule is C=C1C(C(O)c2ccccc2)=CCCC1C(C)=O. The molecule has 0 aromatic heterocycles. The van der Waals surface area contributed by atoms with Crippen LogP contribution in [0.4, 0.5) is 0 Å². The van der Waals surface area contributed by atoms with Gasteiger partial charge < -0.3 is 5.11 Å². The van der Waals surface area contributed by atoms with E-state index in [1.807, 2.05) is 36.4 Å². The number of hydrogen-bond donors (Lipinski definition) is 1. The Balaban J connectivity index is 2.26. The summed E-state index contributed by atoms with van der Waals surface area (Å²) >= 11 is 0. The Morgan fingerprint density at radius 1 is 1.39 bits per heavy atom. The number of carbonyl (C=O) groups excluding carboxylic acids is 1. The molecule has 1 aliphatic rings. The number of allylic oxidation sites excluding steroid dienone is 1. The number of ketones is 1. The summed E-state index contributed by atoms with van der Waals surface area (Å²) in [5.74, 6) is -0.00535. The van der Waals surface area contributed by atoms with E-state index in [0.29, 0.717) is 0 Å². The highest BCUT2D eigenvalue weighted by Gasteiger charge is 2.27. The normalized spacial score (nSPS) is 21.3. The molecule has 0 saturated carbocycles. The van der Waals surface area contributed by atoms with Gasteiger partial charge in [0.05, 0.1) is 0 Å². The number of aliphatic hydroxyl groups excluding tert-OH is 1. The van der Waals surface area contributed by atoms with Gasteiger partial charge in [0.25, 0.3) is 0 Å². The molecule has 0 amide bonds. The molecule has 94 valence electrons. The van der Waals surface area contributed by atoms with E-state index in [9.17, 15) is 9.90 Å². The van der Waals surface area contributed by atoms with Crippen molar-refractivity contribution < 1.29 is 9.90 Å². The van der Waals surface area contributed by atoms with E-state index in [2.05, 4.69) is 6.58 Å². The quantitative estimate of drug-likeness (QED) is 0.883. The van der Waals surface area contributed by atoms with Crippen LogP contribution in [0.1, 0.15) is 31.4 Å². The summed E-state index contributed by atoms with van der Waals surface area (Å²) in [6, 6.07) is 9.48. The summed E-state index contributed by atoms with van der Waals surface area (Å²) < 4.78 is 0. The van der Waals surface area contributed by atoms with Gasteiger partial charge in [-0.2, -0.15) is 0 Å². The lowest BCUT2D eigenvalue weighted by molar-refractivity contribution is -0.119. The molecule has 2 heteroatoms. The minimum atomic E-state index is -0.680. The zero-order chi connectivity index (χ0) is 13.1. The highest BCUT2D eigenvalue weighted by atomic mass is 16.3. The van der Waals surface area contributed by atoms with Crippen molar-refractivity contribution in [3.8, 4) is 0 Å². The van der Waals surface area contributed by atoms with Crippen LogP contribution >= 0.6 is 0 Å². The van der Waals surface area contributed by atoms with Gasteiger partial charge >= 0.3 is 0 Å². The Kier molecular flexibility index (Phi) is 3.78. The minimum absolute atomic E-state index is 0.130. The predicted octanol–water partition coefficient (Wildman–Crippen LogP) is 3.20. The Labute approximate surface area is 108 Å². The van der Waals surface area contributed by atoms with Crippen molar-refractivity contribution in [2.45, 2.75) is 25.9 Å². The fourth-order valence-electron chi connectivity index (χ4n) is 2.46. The largest absolute Gasteiger partial charge is 0.384 e. The molecular weight excluding hydrogens is 224 g/mol. The van der Waals surface area contributed by atoms with Crippen LogP contribution in [0, 0.1) is 5.92 Å². The molecule has 1 aliphatic carbocycles. The maximum absolute atomic E-state index is 11.5.